The topological polar surface area (TPSA) is 43.8 Å². The van der Waals surface area contributed by atoms with E-state index in [0.717, 1.165) is 13.1 Å². The van der Waals surface area contributed by atoms with Crippen LogP contribution in [-0.2, 0) is 6.54 Å². The number of aromatic nitrogens is 2. The van der Waals surface area contributed by atoms with Gasteiger partial charge in [0.15, 0.2) is 0 Å². The largest absolute Gasteiger partial charge is 0.330 e. The van der Waals surface area contributed by atoms with Crippen LogP contribution in [0, 0.1) is 12.8 Å². The van der Waals surface area contributed by atoms with E-state index in [1.807, 2.05) is 16.9 Å². The van der Waals surface area contributed by atoms with Gasteiger partial charge in [-0.3, -0.25) is 4.68 Å². The lowest BCUT2D eigenvalue weighted by Gasteiger charge is -2.09. The van der Waals surface area contributed by atoms with Crippen molar-refractivity contribution in [3.05, 3.63) is 18.0 Å². The maximum absolute atomic E-state index is 5.50. The lowest BCUT2D eigenvalue weighted by molar-refractivity contribution is 0.451. The normalized spacial score (nSPS) is 13.4. The molecular formula is C8H15N3. The Morgan fingerprint density at radius 2 is 2.45 bits per heavy atom. The predicted octanol–water partition coefficient (Wildman–Crippen LogP) is 0.786. The van der Waals surface area contributed by atoms with Crippen LogP contribution in [0.2, 0.25) is 0 Å². The molecule has 1 aromatic heterocycles. The van der Waals surface area contributed by atoms with Gasteiger partial charge in [0.25, 0.3) is 0 Å². The molecule has 0 saturated carbocycles. The van der Waals surface area contributed by atoms with Crippen LogP contribution in [0.5, 0.6) is 0 Å². The molecule has 0 radical (unpaired) electrons. The third-order valence-corrected chi connectivity index (χ3v) is 1.82. The summed E-state index contributed by atoms with van der Waals surface area (Å²) in [4.78, 5) is 0. The first-order chi connectivity index (χ1) is 5.24. The number of rotatable bonds is 3. The molecule has 3 heteroatoms. The highest BCUT2D eigenvalue weighted by Gasteiger charge is 2.01. The fraction of sp³-hybridized carbons (Fsp3) is 0.625. The van der Waals surface area contributed by atoms with Gasteiger partial charge in [-0.1, -0.05) is 6.92 Å². The quantitative estimate of drug-likeness (QED) is 0.697. The summed E-state index contributed by atoms with van der Waals surface area (Å²) in [6.07, 6.45) is 1.82. The molecule has 3 nitrogen and oxygen atoms in total. The number of hydrogen-bond acceptors (Lipinski definition) is 2. The van der Waals surface area contributed by atoms with Gasteiger partial charge in [-0.15, -0.1) is 0 Å². The van der Waals surface area contributed by atoms with Crippen LogP contribution in [0.15, 0.2) is 12.3 Å². The summed E-state index contributed by atoms with van der Waals surface area (Å²) in [5.41, 5.74) is 6.70. The molecular weight excluding hydrogens is 138 g/mol. The molecule has 0 aliphatic carbocycles. The fourth-order valence-corrected chi connectivity index (χ4v) is 0.960. The van der Waals surface area contributed by atoms with Crippen molar-refractivity contribution in [1.29, 1.82) is 0 Å². The summed E-state index contributed by atoms with van der Waals surface area (Å²) >= 11 is 0. The van der Waals surface area contributed by atoms with Crippen molar-refractivity contribution in [2.75, 3.05) is 6.54 Å². The predicted molar refractivity (Wildman–Crippen MR) is 45.2 cm³/mol. The van der Waals surface area contributed by atoms with Crippen molar-refractivity contribution < 1.29 is 0 Å². The molecule has 0 amide bonds. The lowest BCUT2D eigenvalue weighted by atomic mass is 10.2. The lowest BCUT2D eigenvalue weighted by Crippen LogP contribution is -2.18. The highest BCUT2D eigenvalue weighted by molar-refractivity contribution is 4.96. The monoisotopic (exact) mass is 153 g/mol. The molecule has 0 aliphatic heterocycles. The highest BCUT2D eigenvalue weighted by Crippen LogP contribution is 2.01. The zero-order chi connectivity index (χ0) is 8.27. The highest BCUT2D eigenvalue weighted by atomic mass is 15.3. The van der Waals surface area contributed by atoms with E-state index < -0.39 is 0 Å². The Kier molecular flexibility index (Phi) is 2.65. The zero-order valence-corrected chi connectivity index (χ0v) is 7.12. The van der Waals surface area contributed by atoms with Crippen molar-refractivity contribution in [3.63, 3.8) is 0 Å². The van der Waals surface area contributed by atoms with Gasteiger partial charge < -0.3 is 5.73 Å². The summed E-state index contributed by atoms with van der Waals surface area (Å²) in [7, 11) is 0. The van der Waals surface area contributed by atoms with Crippen molar-refractivity contribution in [1.82, 2.24) is 9.78 Å². The SMILES string of the molecule is Cc1ccnn1CC(C)CN. The molecule has 0 aliphatic rings. The Balaban J connectivity index is 2.56. The van der Waals surface area contributed by atoms with Crippen molar-refractivity contribution in [2.45, 2.75) is 20.4 Å². The van der Waals surface area contributed by atoms with Crippen molar-refractivity contribution in [2.24, 2.45) is 11.7 Å². The van der Waals surface area contributed by atoms with Gasteiger partial charge in [-0.25, -0.2) is 0 Å². The molecule has 2 N–H and O–H groups in total. The molecule has 11 heavy (non-hydrogen) atoms. The van der Waals surface area contributed by atoms with Gasteiger partial charge >= 0.3 is 0 Å². The maximum Gasteiger partial charge on any atom is 0.0492 e. The van der Waals surface area contributed by atoms with E-state index in [0.29, 0.717) is 5.92 Å². The van der Waals surface area contributed by atoms with E-state index in [1.54, 1.807) is 0 Å². The Bertz CT molecular complexity index is 217. The van der Waals surface area contributed by atoms with Crippen molar-refractivity contribution in [3.8, 4) is 0 Å². The fourth-order valence-electron chi connectivity index (χ4n) is 0.960. The molecule has 0 saturated heterocycles. The van der Waals surface area contributed by atoms with Crippen LogP contribution in [0.4, 0.5) is 0 Å². The summed E-state index contributed by atoms with van der Waals surface area (Å²) in [6, 6.07) is 2.00. The van der Waals surface area contributed by atoms with Crippen LogP contribution in [0.3, 0.4) is 0 Å². The molecule has 1 atom stereocenters. The summed E-state index contributed by atoms with van der Waals surface area (Å²) in [5, 5.41) is 4.16. The molecule has 1 aromatic rings. The minimum atomic E-state index is 0.508. The van der Waals surface area contributed by atoms with E-state index >= 15 is 0 Å². The van der Waals surface area contributed by atoms with Crippen LogP contribution in [0.25, 0.3) is 0 Å². The third kappa shape index (κ3) is 2.05. The van der Waals surface area contributed by atoms with Gasteiger partial charge in [0.1, 0.15) is 0 Å². The minimum Gasteiger partial charge on any atom is -0.330 e. The molecule has 0 fully saturated rings. The molecule has 1 heterocycles. The van der Waals surface area contributed by atoms with Crippen LogP contribution in [-0.4, -0.2) is 16.3 Å². The van der Waals surface area contributed by atoms with Gasteiger partial charge in [0.05, 0.1) is 0 Å². The molecule has 62 valence electrons. The third-order valence-electron chi connectivity index (χ3n) is 1.82. The van der Waals surface area contributed by atoms with E-state index in [-0.39, 0.29) is 0 Å². The molecule has 0 bridgehead atoms. The Morgan fingerprint density at radius 1 is 1.73 bits per heavy atom. The number of nitrogens with two attached hydrogens (primary N) is 1. The van der Waals surface area contributed by atoms with E-state index in [4.69, 9.17) is 5.73 Å². The first kappa shape index (κ1) is 8.27. The van der Waals surface area contributed by atoms with Gasteiger partial charge in [-0.05, 0) is 25.5 Å². The Morgan fingerprint density at radius 3 is 2.91 bits per heavy atom. The second kappa shape index (κ2) is 3.53. The van der Waals surface area contributed by atoms with Crippen molar-refractivity contribution >= 4 is 0 Å². The zero-order valence-electron chi connectivity index (χ0n) is 7.12. The molecule has 0 spiro atoms. The standard InChI is InChI=1S/C8H15N3/c1-7(5-9)6-11-8(2)3-4-10-11/h3-4,7H,5-6,9H2,1-2H3. The maximum atomic E-state index is 5.50. The Hall–Kier alpha value is -0.830. The second-order valence-corrected chi connectivity index (χ2v) is 3.00. The van der Waals surface area contributed by atoms with E-state index in [2.05, 4.69) is 18.9 Å². The van der Waals surface area contributed by atoms with Crippen LogP contribution >= 0.6 is 0 Å². The summed E-state index contributed by atoms with van der Waals surface area (Å²) < 4.78 is 1.98. The molecule has 1 rings (SSSR count). The number of nitrogens with zero attached hydrogens (tertiary/aromatic N) is 2. The summed E-state index contributed by atoms with van der Waals surface area (Å²) in [6.45, 7) is 5.83. The van der Waals surface area contributed by atoms with Crippen LogP contribution < -0.4 is 5.73 Å². The second-order valence-electron chi connectivity index (χ2n) is 3.00. The summed E-state index contributed by atoms with van der Waals surface area (Å²) in [5.74, 6) is 0.508. The van der Waals surface area contributed by atoms with Crippen LogP contribution in [0.1, 0.15) is 12.6 Å². The number of aryl methyl sites for hydroxylation is 1. The first-order valence-corrected chi connectivity index (χ1v) is 3.92. The van der Waals surface area contributed by atoms with E-state index in [9.17, 15) is 0 Å². The smallest absolute Gasteiger partial charge is 0.0492 e. The average Bonchev–Trinajstić information content (AvgIpc) is 2.37. The average molecular weight is 153 g/mol. The van der Waals surface area contributed by atoms with Gasteiger partial charge in [0, 0.05) is 18.4 Å². The molecule has 0 aromatic carbocycles. The van der Waals surface area contributed by atoms with Gasteiger partial charge in [0.2, 0.25) is 0 Å². The number of hydrogen-bond donors (Lipinski definition) is 1. The minimum absolute atomic E-state index is 0.508. The first-order valence-electron chi connectivity index (χ1n) is 3.92. The van der Waals surface area contributed by atoms with Gasteiger partial charge in [-0.2, -0.15) is 5.10 Å². The molecule has 1 unspecified atom stereocenters. The van der Waals surface area contributed by atoms with E-state index in [1.165, 1.54) is 5.69 Å². The Labute approximate surface area is 67.2 Å².